The van der Waals surface area contributed by atoms with Crippen LogP contribution in [0.25, 0.3) is 0 Å². The number of rotatable bonds is 12. The number of hydrogen-bond acceptors (Lipinski definition) is 4. The van der Waals surface area contributed by atoms with E-state index in [1.807, 2.05) is 13.8 Å². The van der Waals surface area contributed by atoms with Crippen LogP contribution in [0.2, 0.25) is 0 Å². The monoisotopic (exact) mass is 257 g/mol. The van der Waals surface area contributed by atoms with Crippen molar-refractivity contribution in [1.29, 1.82) is 0 Å². The highest BCUT2D eigenvalue weighted by atomic mass is 16.5. The maximum Gasteiger partial charge on any atom is 0.0701 e. The molecule has 0 spiro atoms. The lowest BCUT2D eigenvalue weighted by atomic mass is 10.2. The molecule has 18 heavy (non-hydrogen) atoms. The summed E-state index contributed by atoms with van der Waals surface area (Å²) >= 11 is 0. The van der Waals surface area contributed by atoms with Gasteiger partial charge in [-0.15, -0.1) is 0 Å². The minimum absolute atomic E-state index is 0.0605. The fourth-order valence-electron chi connectivity index (χ4n) is 1.56. The Morgan fingerprint density at radius 1 is 0.944 bits per heavy atom. The molecule has 0 bridgehead atoms. The van der Waals surface area contributed by atoms with Gasteiger partial charge in [-0.1, -0.05) is 24.3 Å². The normalized spacial score (nSPS) is 10.9. The molecule has 1 N–H and O–H groups in total. The highest BCUT2D eigenvalue weighted by Crippen LogP contribution is 2.00. The largest absolute Gasteiger partial charge is 0.394 e. The Hall–Kier alpha value is -0.680. The van der Waals surface area contributed by atoms with Crippen LogP contribution < -0.4 is 0 Å². The lowest BCUT2D eigenvalue weighted by molar-refractivity contribution is 0.0277. The van der Waals surface area contributed by atoms with Crippen LogP contribution in [0.5, 0.6) is 0 Å². The summed E-state index contributed by atoms with van der Waals surface area (Å²) in [6.07, 6.45) is 0. The summed E-state index contributed by atoms with van der Waals surface area (Å²) in [5.41, 5.74) is 2.28. The van der Waals surface area contributed by atoms with Crippen LogP contribution >= 0.6 is 0 Å². The van der Waals surface area contributed by atoms with Crippen molar-refractivity contribution >= 4 is 0 Å². The van der Waals surface area contributed by atoms with Gasteiger partial charge in [0.05, 0.1) is 33.0 Å². The van der Waals surface area contributed by atoms with E-state index in [0.29, 0.717) is 26.4 Å². The number of aliphatic hydroxyl groups excluding tert-OH is 1. The third-order valence-corrected chi connectivity index (χ3v) is 2.15. The van der Waals surface area contributed by atoms with E-state index in [2.05, 4.69) is 18.1 Å². The Labute approximate surface area is 111 Å². The van der Waals surface area contributed by atoms with Gasteiger partial charge >= 0.3 is 0 Å². The zero-order valence-corrected chi connectivity index (χ0v) is 11.8. The van der Waals surface area contributed by atoms with Crippen molar-refractivity contribution in [3.8, 4) is 0 Å². The van der Waals surface area contributed by atoms with Gasteiger partial charge in [0.15, 0.2) is 0 Å². The maximum absolute atomic E-state index is 8.52. The minimum Gasteiger partial charge on any atom is -0.394 e. The van der Waals surface area contributed by atoms with E-state index in [9.17, 15) is 0 Å². The Morgan fingerprint density at radius 3 is 1.89 bits per heavy atom. The third-order valence-electron chi connectivity index (χ3n) is 2.15. The third kappa shape index (κ3) is 11.8. The second-order valence-electron chi connectivity index (χ2n) is 4.57. The van der Waals surface area contributed by atoms with Gasteiger partial charge in [0.1, 0.15) is 0 Å². The Bertz CT molecular complexity index is 225. The van der Waals surface area contributed by atoms with Gasteiger partial charge < -0.3 is 14.6 Å². The molecule has 0 aromatic carbocycles. The highest BCUT2D eigenvalue weighted by Gasteiger charge is 2.04. The molecule has 0 amide bonds. The molecule has 0 radical (unpaired) electrons. The average molecular weight is 257 g/mol. The summed E-state index contributed by atoms with van der Waals surface area (Å²) in [4.78, 5) is 2.26. The molecule has 0 unspecified atom stereocenters. The highest BCUT2D eigenvalue weighted by molar-refractivity contribution is 4.97. The van der Waals surface area contributed by atoms with Crippen LogP contribution in [0.1, 0.15) is 13.8 Å². The van der Waals surface area contributed by atoms with Crippen LogP contribution in [-0.4, -0.2) is 62.7 Å². The molecule has 4 heteroatoms. The van der Waals surface area contributed by atoms with E-state index in [0.717, 1.165) is 30.8 Å². The first kappa shape index (κ1) is 17.3. The summed E-state index contributed by atoms with van der Waals surface area (Å²) in [6.45, 7) is 16.7. The van der Waals surface area contributed by atoms with Gasteiger partial charge in [0.2, 0.25) is 0 Å². The van der Waals surface area contributed by atoms with Crippen molar-refractivity contribution in [2.24, 2.45) is 0 Å². The van der Waals surface area contributed by atoms with Crippen molar-refractivity contribution in [3.05, 3.63) is 24.3 Å². The van der Waals surface area contributed by atoms with Crippen molar-refractivity contribution in [2.75, 3.05) is 52.7 Å². The Morgan fingerprint density at radius 2 is 1.44 bits per heavy atom. The zero-order valence-electron chi connectivity index (χ0n) is 11.8. The molecular formula is C14H27NO3. The zero-order chi connectivity index (χ0) is 13.8. The number of aliphatic hydroxyl groups is 1. The van der Waals surface area contributed by atoms with Crippen LogP contribution in [0, 0.1) is 0 Å². The molecule has 0 rings (SSSR count). The summed E-state index contributed by atoms with van der Waals surface area (Å²) in [5, 5.41) is 8.52. The number of ether oxygens (including phenoxy) is 2. The van der Waals surface area contributed by atoms with E-state index in [-0.39, 0.29) is 6.61 Å². The SMILES string of the molecule is C=C(C)CN(CCOCCOCCO)CC(=C)C. The van der Waals surface area contributed by atoms with Gasteiger partial charge in [-0.05, 0) is 13.8 Å². The van der Waals surface area contributed by atoms with Gasteiger partial charge in [-0.3, -0.25) is 4.90 Å². The van der Waals surface area contributed by atoms with Crippen molar-refractivity contribution in [2.45, 2.75) is 13.8 Å². The standard InChI is InChI=1S/C14H27NO3/c1-13(2)11-15(12-14(3)4)5-7-17-9-10-18-8-6-16/h16H,1,3,5-12H2,2,4H3. The molecule has 0 aromatic rings. The first-order valence-electron chi connectivity index (χ1n) is 6.33. The predicted octanol–water partition coefficient (Wildman–Crippen LogP) is 1.47. The smallest absolute Gasteiger partial charge is 0.0701 e. The topological polar surface area (TPSA) is 41.9 Å². The van der Waals surface area contributed by atoms with E-state index in [1.54, 1.807) is 0 Å². The van der Waals surface area contributed by atoms with E-state index in [1.165, 1.54) is 0 Å². The maximum atomic E-state index is 8.52. The molecule has 0 atom stereocenters. The Balaban J connectivity index is 3.62. The minimum atomic E-state index is 0.0605. The fourth-order valence-corrected chi connectivity index (χ4v) is 1.56. The molecule has 0 heterocycles. The molecule has 0 aliphatic heterocycles. The van der Waals surface area contributed by atoms with Gasteiger partial charge in [0, 0.05) is 19.6 Å². The molecule has 0 saturated heterocycles. The summed E-state index contributed by atoms with van der Waals surface area (Å²) in [7, 11) is 0. The molecule has 106 valence electrons. The molecule has 0 fully saturated rings. The van der Waals surface area contributed by atoms with Crippen molar-refractivity contribution in [3.63, 3.8) is 0 Å². The van der Waals surface area contributed by atoms with Crippen LogP contribution in [-0.2, 0) is 9.47 Å². The summed E-state index contributed by atoms with van der Waals surface area (Å²) in [5.74, 6) is 0. The molecule has 0 aliphatic rings. The number of nitrogens with zero attached hydrogens (tertiary/aromatic N) is 1. The first-order chi connectivity index (χ1) is 8.56. The molecule has 4 nitrogen and oxygen atoms in total. The van der Waals surface area contributed by atoms with Crippen LogP contribution in [0.15, 0.2) is 24.3 Å². The van der Waals surface area contributed by atoms with Crippen molar-refractivity contribution < 1.29 is 14.6 Å². The lowest BCUT2D eigenvalue weighted by Gasteiger charge is -2.22. The molecule has 0 saturated carbocycles. The summed E-state index contributed by atoms with van der Waals surface area (Å²) < 4.78 is 10.6. The van der Waals surface area contributed by atoms with Gasteiger partial charge in [-0.25, -0.2) is 0 Å². The van der Waals surface area contributed by atoms with E-state index in [4.69, 9.17) is 14.6 Å². The van der Waals surface area contributed by atoms with Gasteiger partial charge in [0.25, 0.3) is 0 Å². The predicted molar refractivity (Wildman–Crippen MR) is 74.8 cm³/mol. The molecular weight excluding hydrogens is 230 g/mol. The quantitative estimate of drug-likeness (QED) is 0.424. The number of hydrogen-bond donors (Lipinski definition) is 1. The molecule has 0 aromatic heterocycles. The average Bonchev–Trinajstić information content (AvgIpc) is 2.26. The lowest BCUT2D eigenvalue weighted by Crippen LogP contribution is -2.31. The fraction of sp³-hybridized carbons (Fsp3) is 0.714. The van der Waals surface area contributed by atoms with Gasteiger partial charge in [-0.2, -0.15) is 0 Å². The van der Waals surface area contributed by atoms with E-state index >= 15 is 0 Å². The Kier molecular flexibility index (Phi) is 11.0. The van der Waals surface area contributed by atoms with Crippen molar-refractivity contribution in [1.82, 2.24) is 4.90 Å². The van der Waals surface area contributed by atoms with E-state index < -0.39 is 0 Å². The second-order valence-corrected chi connectivity index (χ2v) is 4.57. The van der Waals surface area contributed by atoms with Crippen LogP contribution in [0.3, 0.4) is 0 Å². The summed E-state index contributed by atoms with van der Waals surface area (Å²) in [6, 6.07) is 0. The molecule has 0 aliphatic carbocycles. The second kappa shape index (κ2) is 11.4. The first-order valence-corrected chi connectivity index (χ1v) is 6.33. The van der Waals surface area contributed by atoms with Crippen LogP contribution in [0.4, 0.5) is 0 Å².